The quantitative estimate of drug-likeness (QED) is 0.495. The minimum absolute atomic E-state index is 0.437. The van der Waals surface area contributed by atoms with Crippen LogP contribution in [0.1, 0.15) is 21.6 Å². The SMILES string of the molecule is CCc1ccc(CNc2nc(NN)nc3sc(C)cc23)s1. The number of hydrogen-bond donors (Lipinski definition) is 3. The summed E-state index contributed by atoms with van der Waals surface area (Å²) in [4.78, 5) is 13.7. The van der Waals surface area contributed by atoms with Crippen LogP contribution in [0, 0.1) is 6.92 Å². The highest BCUT2D eigenvalue weighted by Crippen LogP contribution is 2.30. The molecule has 0 atom stereocenters. The maximum atomic E-state index is 5.45. The van der Waals surface area contributed by atoms with E-state index in [1.807, 2.05) is 11.3 Å². The smallest absolute Gasteiger partial charge is 0.240 e. The van der Waals surface area contributed by atoms with Crippen molar-refractivity contribution >= 4 is 44.7 Å². The van der Waals surface area contributed by atoms with Crippen LogP contribution in [0.4, 0.5) is 11.8 Å². The topological polar surface area (TPSA) is 75.9 Å². The summed E-state index contributed by atoms with van der Waals surface area (Å²) in [6.45, 7) is 5.00. The summed E-state index contributed by atoms with van der Waals surface area (Å²) in [6, 6.07) is 6.45. The van der Waals surface area contributed by atoms with Crippen LogP contribution in [-0.2, 0) is 13.0 Å². The van der Waals surface area contributed by atoms with Gasteiger partial charge in [0, 0.05) is 14.6 Å². The Labute approximate surface area is 131 Å². The second-order valence-electron chi connectivity index (χ2n) is 4.69. The third-order valence-electron chi connectivity index (χ3n) is 3.14. The molecule has 21 heavy (non-hydrogen) atoms. The molecule has 0 aliphatic rings. The maximum absolute atomic E-state index is 5.45. The minimum atomic E-state index is 0.437. The second kappa shape index (κ2) is 5.97. The number of hydrogen-bond acceptors (Lipinski definition) is 7. The molecule has 0 saturated carbocycles. The molecule has 3 rings (SSSR count). The van der Waals surface area contributed by atoms with Crippen molar-refractivity contribution in [2.45, 2.75) is 26.8 Å². The molecule has 0 saturated heterocycles. The molecule has 4 N–H and O–H groups in total. The van der Waals surface area contributed by atoms with Gasteiger partial charge in [-0.25, -0.2) is 10.8 Å². The van der Waals surface area contributed by atoms with Gasteiger partial charge in [-0.05, 0) is 31.5 Å². The molecule has 0 aliphatic heterocycles. The molecule has 7 heteroatoms. The van der Waals surface area contributed by atoms with Gasteiger partial charge in [0.2, 0.25) is 5.95 Å². The molecule has 0 aliphatic carbocycles. The van der Waals surface area contributed by atoms with Crippen LogP contribution < -0.4 is 16.6 Å². The van der Waals surface area contributed by atoms with Gasteiger partial charge in [0.25, 0.3) is 0 Å². The molecular formula is C14H17N5S2. The Morgan fingerprint density at radius 3 is 2.71 bits per heavy atom. The van der Waals surface area contributed by atoms with E-state index in [0.29, 0.717) is 5.95 Å². The van der Waals surface area contributed by atoms with Gasteiger partial charge in [-0.15, -0.1) is 22.7 Å². The highest BCUT2D eigenvalue weighted by atomic mass is 32.1. The molecule has 3 aromatic rings. The molecule has 5 nitrogen and oxygen atoms in total. The highest BCUT2D eigenvalue weighted by Gasteiger charge is 2.10. The number of aryl methyl sites for hydroxylation is 2. The standard InChI is InChI=1S/C14H17N5S2/c1-3-9-4-5-10(21-9)7-16-12-11-6-8(2)20-13(11)18-14(17-12)19-15/h4-6H,3,7,15H2,1-2H3,(H2,16,17,18,19). The summed E-state index contributed by atoms with van der Waals surface area (Å²) >= 11 is 3.47. The lowest BCUT2D eigenvalue weighted by atomic mass is 10.3. The number of aromatic nitrogens is 2. The molecule has 3 heterocycles. The number of nitrogens with two attached hydrogens (primary N) is 1. The van der Waals surface area contributed by atoms with Crippen LogP contribution in [0.3, 0.4) is 0 Å². The van der Waals surface area contributed by atoms with Crippen molar-refractivity contribution < 1.29 is 0 Å². The van der Waals surface area contributed by atoms with Crippen molar-refractivity contribution in [3.63, 3.8) is 0 Å². The van der Waals surface area contributed by atoms with Gasteiger partial charge in [0.1, 0.15) is 10.6 Å². The molecule has 110 valence electrons. The second-order valence-corrected chi connectivity index (χ2v) is 7.18. The lowest BCUT2D eigenvalue weighted by Gasteiger charge is -2.07. The van der Waals surface area contributed by atoms with E-state index in [2.05, 4.69) is 52.8 Å². The fourth-order valence-corrected chi connectivity index (χ4v) is 3.90. The normalized spacial score (nSPS) is 11.0. The monoisotopic (exact) mass is 319 g/mol. The fourth-order valence-electron chi connectivity index (χ4n) is 2.12. The summed E-state index contributed by atoms with van der Waals surface area (Å²) in [6.07, 6.45) is 1.08. The zero-order valence-electron chi connectivity index (χ0n) is 11.9. The van der Waals surface area contributed by atoms with Gasteiger partial charge >= 0.3 is 0 Å². The summed E-state index contributed by atoms with van der Waals surface area (Å²) in [5, 5.41) is 4.44. The first kappa shape index (κ1) is 14.2. The van der Waals surface area contributed by atoms with Crippen molar-refractivity contribution in [3.05, 3.63) is 32.8 Å². The number of nitrogens with zero attached hydrogens (tertiary/aromatic N) is 2. The van der Waals surface area contributed by atoms with Gasteiger partial charge in [-0.3, -0.25) is 5.43 Å². The van der Waals surface area contributed by atoms with Crippen LogP contribution >= 0.6 is 22.7 Å². The van der Waals surface area contributed by atoms with E-state index < -0.39 is 0 Å². The van der Waals surface area contributed by atoms with Gasteiger partial charge < -0.3 is 5.32 Å². The molecule has 0 aromatic carbocycles. The summed E-state index contributed by atoms with van der Waals surface area (Å²) in [5.41, 5.74) is 2.53. The predicted octanol–water partition coefficient (Wildman–Crippen LogP) is 3.52. The third-order valence-corrected chi connectivity index (χ3v) is 5.31. The maximum Gasteiger partial charge on any atom is 0.240 e. The molecule has 0 unspecified atom stereocenters. The first-order valence-electron chi connectivity index (χ1n) is 6.76. The largest absolute Gasteiger partial charge is 0.364 e. The van der Waals surface area contributed by atoms with E-state index in [4.69, 9.17) is 5.84 Å². The predicted molar refractivity (Wildman–Crippen MR) is 91.0 cm³/mol. The number of hydrazine groups is 1. The molecule has 0 spiro atoms. The fraction of sp³-hybridized carbons (Fsp3) is 0.286. The van der Waals surface area contributed by atoms with E-state index in [9.17, 15) is 0 Å². The molecule has 0 amide bonds. The molecular weight excluding hydrogens is 302 g/mol. The van der Waals surface area contributed by atoms with Gasteiger partial charge in [0.05, 0.1) is 11.9 Å². The Kier molecular flexibility index (Phi) is 4.05. The van der Waals surface area contributed by atoms with Crippen LogP contribution in [0.5, 0.6) is 0 Å². The number of thiophene rings is 2. The zero-order chi connectivity index (χ0) is 14.8. The average Bonchev–Trinajstić information content (AvgIpc) is 3.09. The van der Waals surface area contributed by atoms with Crippen molar-refractivity contribution in [3.8, 4) is 0 Å². The zero-order valence-corrected chi connectivity index (χ0v) is 13.6. The molecule has 0 bridgehead atoms. The Bertz CT molecular complexity index is 762. The van der Waals surface area contributed by atoms with Crippen molar-refractivity contribution in [2.24, 2.45) is 5.84 Å². The summed E-state index contributed by atoms with van der Waals surface area (Å²) < 4.78 is 0. The Balaban J connectivity index is 1.88. The lowest BCUT2D eigenvalue weighted by Crippen LogP contribution is -2.11. The number of nitrogens with one attached hydrogen (secondary N) is 2. The third kappa shape index (κ3) is 2.99. The van der Waals surface area contributed by atoms with E-state index in [0.717, 1.165) is 29.0 Å². The van der Waals surface area contributed by atoms with E-state index in [1.165, 1.54) is 14.6 Å². The molecule has 3 aromatic heterocycles. The number of rotatable bonds is 5. The Morgan fingerprint density at radius 2 is 2.00 bits per heavy atom. The first-order valence-corrected chi connectivity index (χ1v) is 8.39. The van der Waals surface area contributed by atoms with E-state index in [-0.39, 0.29) is 0 Å². The first-order chi connectivity index (χ1) is 10.2. The van der Waals surface area contributed by atoms with Crippen LogP contribution in [-0.4, -0.2) is 9.97 Å². The van der Waals surface area contributed by atoms with E-state index in [1.54, 1.807) is 11.3 Å². The average molecular weight is 319 g/mol. The van der Waals surface area contributed by atoms with Gasteiger partial charge in [0.15, 0.2) is 0 Å². The Morgan fingerprint density at radius 1 is 1.19 bits per heavy atom. The van der Waals surface area contributed by atoms with Crippen LogP contribution in [0.2, 0.25) is 0 Å². The number of anilines is 2. The van der Waals surface area contributed by atoms with Crippen LogP contribution in [0.25, 0.3) is 10.2 Å². The lowest BCUT2D eigenvalue weighted by molar-refractivity contribution is 1.11. The number of nitrogen functional groups attached to an aromatic ring is 1. The van der Waals surface area contributed by atoms with Gasteiger partial charge in [-0.2, -0.15) is 4.98 Å². The van der Waals surface area contributed by atoms with Gasteiger partial charge in [-0.1, -0.05) is 6.92 Å². The summed E-state index contributed by atoms with van der Waals surface area (Å²) in [7, 11) is 0. The molecule has 0 fully saturated rings. The highest BCUT2D eigenvalue weighted by molar-refractivity contribution is 7.18. The van der Waals surface area contributed by atoms with Crippen LogP contribution in [0.15, 0.2) is 18.2 Å². The van der Waals surface area contributed by atoms with E-state index >= 15 is 0 Å². The summed E-state index contributed by atoms with van der Waals surface area (Å²) in [5.74, 6) is 6.71. The van der Waals surface area contributed by atoms with Crippen molar-refractivity contribution in [1.29, 1.82) is 0 Å². The molecule has 0 radical (unpaired) electrons. The minimum Gasteiger partial charge on any atom is -0.364 e. The van der Waals surface area contributed by atoms with Crippen molar-refractivity contribution in [1.82, 2.24) is 9.97 Å². The number of fused-ring (bicyclic) bond motifs is 1. The Hall–Kier alpha value is -1.70. The van der Waals surface area contributed by atoms with Crippen molar-refractivity contribution in [2.75, 3.05) is 10.7 Å².